The summed E-state index contributed by atoms with van der Waals surface area (Å²) in [5.41, 5.74) is 3.19. The molecular weight excluding hydrogens is 402 g/mol. The van der Waals surface area contributed by atoms with E-state index in [-0.39, 0.29) is 18.0 Å². The van der Waals surface area contributed by atoms with Crippen LogP contribution in [0.5, 0.6) is 5.75 Å². The molecule has 0 saturated carbocycles. The van der Waals surface area contributed by atoms with E-state index in [1.54, 1.807) is 30.2 Å². The van der Waals surface area contributed by atoms with Gasteiger partial charge in [0.05, 0.1) is 24.6 Å². The molecule has 0 aliphatic rings. The molecule has 32 heavy (non-hydrogen) atoms. The number of aromatic nitrogens is 2. The van der Waals surface area contributed by atoms with Gasteiger partial charge in [-0.05, 0) is 55.3 Å². The van der Waals surface area contributed by atoms with Gasteiger partial charge in [0.25, 0.3) is 11.5 Å². The number of methoxy groups -OCH3 is 1. The number of para-hydroxylation sites is 1. The van der Waals surface area contributed by atoms with Crippen molar-refractivity contribution in [1.82, 2.24) is 14.9 Å². The van der Waals surface area contributed by atoms with Crippen molar-refractivity contribution in [2.45, 2.75) is 19.9 Å². The number of benzene rings is 3. The van der Waals surface area contributed by atoms with Gasteiger partial charge < -0.3 is 14.6 Å². The Kier molecular flexibility index (Phi) is 6.31. The smallest absolute Gasteiger partial charge is 0.258 e. The van der Waals surface area contributed by atoms with Crippen molar-refractivity contribution in [2.75, 3.05) is 13.7 Å². The highest BCUT2D eigenvalue weighted by Gasteiger charge is 2.18. The zero-order valence-electron chi connectivity index (χ0n) is 18.2. The molecule has 0 aliphatic heterocycles. The third-order valence-electron chi connectivity index (χ3n) is 5.42. The molecule has 1 aromatic heterocycles. The zero-order valence-corrected chi connectivity index (χ0v) is 18.2. The number of nitrogens with one attached hydrogen (secondary N) is 1. The number of H-pyrrole nitrogens is 1. The SMILES string of the molecule is COc1ccc(CCN(Cc2nc3ccccc3c(=O)[nH]2)C(=O)c2ccc(C)cc2)cc1. The first-order chi connectivity index (χ1) is 15.5. The number of hydrogen-bond donors (Lipinski definition) is 1. The van der Waals surface area contributed by atoms with Gasteiger partial charge in [-0.15, -0.1) is 0 Å². The monoisotopic (exact) mass is 427 g/mol. The second-order valence-corrected chi connectivity index (χ2v) is 7.72. The number of fused-ring (bicyclic) bond motifs is 1. The minimum atomic E-state index is -0.205. The van der Waals surface area contributed by atoms with Crippen LogP contribution in [0.15, 0.2) is 77.6 Å². The molecule has 0 aliphatic carbocycles. The summed E-state index contributed by atoms with van der Waals surface area (Å²) >= 11 is 0. The van der Waals surface area contributed by atoms with E-state index < -0.39 is 0 Å². The van der Waals surface area contributed by atoms with Gasteiger partial charge in [0.15, 0.2) is 0 Å². The average molecular weight is 428 g/mol. The van der Waals surface area contributed by atoms with Crippen LogP contribution in [0, 0.1) is 6.92 Å². The molecule has 0 radical (unpaired) electrons. The fourth-order valence-electron chi connectivity index (χ4n) is 3.58. The highest BCUT2D eigenvalue weighted by molar-refractivity contribution is 5.94. The van der Waals surface area contributed by atoms with E-state index in [0.717, 1.165) is 16.9 Å². The summed E-state index contributed by atoms with van der Waals surface area (Å²) in [6.45, 7) is 2.68. The first-order valence-electron chi connectivity index (χ1n) is 10.5. The van der Waals surface area contributed by atoms with Crippen molar-refractivity contribution in [3.63, 3.8) is 0 Å². The Labute approximate surface area is 186 Å². The van der Waals surface area contributed by atoms with E-state index in [0.29, 0.717) is 35.3 Å². The molecule has 1 N–H and O–H groups in total. The van der Waals surface area contributed by atoms with Gasteiger partial charge in [0.1, 0.15) is 11.6 Å². The number of rotatable bonds is 7. The van der Waals surface area contributed by atoms with Crippen molar-refractivity contribution in [1.29, 1.82) is 0 Å². The summed E-state index contributed by atoms with van der Waals surface area (Å²) in [7, 11) is 1.63. The lowest BCUT2D eigenvalue weighted by Gasteiger charge is -2.23. The van der Waals surface area contributed by atoms with E-state index in [2.05, 4.69) is 9.97 Å². The summed E-state index contributed by atoms with van der Waals surface area (Å²) in [6, 6.07) is 22.5. The maximum Gasteiger partial charge on any atom is 0.258 e. The molecule has 162 valence electrons. The summed E-state index contributed by atoms with van der Waals surface area (Å²) in [5, 5.41) is 0.533. The fourth-order valence-corrected chi connectivity index (χ4v) is 3.58. The van der Waals surface area contributed by atoms with Crippen LogP contribution in [-0.4, -0.2) is 34.4 Å². The molecule has 0 spiro atoms. The lowest BCUT2D eigenvalue weighted by atomic mass is 10.1. The van der Waals surface area contributed by atoms with Crippen LogP contribution in [0.3, 0.4) is 0 Å². The van der Waals surface area contributed by atoms with Gasteiger partial charge in [-0.1, -0.05) is 42.0 Å². The molecule has 0 fully saturated rings. The second kappa shape index (κ2) is 9.47. The van der Waals surface area contributed by atoms with Crippen molar-refractivity contribution >= 4 is 16.8 Å². The van der Waals surface area contributed by atoms with E-state index in [9.17, 15) is 9.59 Å². The van der Waals surface area contributed by atoms with Crippen molar-refractivity contribution in [3.8, 4) is 5.75 Å². The first-order valence-corrected chi connectivity index (χ1v) is 10.5. The summed E-state index contributed by atoms with van der Waals surface area (Å²) < 4.78 is 5.22. The Morgan fingerprint density at radius 2 is 1.72 bits per heavy atom. The van der Waals surface area contributed by atoms with Gasteiger partial charge >= 0.3 is 0 Å². The Bertz CT molecular complexity index is 1280. The molecule has 6 heteroatoms. The maximum atomic E-state index is 13.3. The molecule has 4 aromatic rings. The minimum absolute atomic E-state index is 0.102. The van der Waals surface area contributed by atoms with Crippen LogP contribution in [0.2, 0.25) is 0 Å². The van der Waals surface area contributed by atoms with Crippen LogP contribution in [-0.2, 0) is 13.0 Å². The Morgan fingerprint density at radius 3 is 2.44 bits per heavy atom. The lowest BCUT2D eigenvalue weighted by Crippen LogP contribution is -2.34. The molecule has 0 saturated heterocycles. The lowest BCUT2D eigenvalue weighted by molar-refractivity contribution is 0.0741. The molecular formula is C26H25N3O3. The largest absolute Gasteiger partial charge is 0.497 e. The van der Waals surface area contributed by atoms with Crippen molar-refractivity contribution < 1.29 is 9.53 Å². The number of aryl methyl sites for hydroxylation is 1. The molecule has 1 amide bonds. The summed E-state index contributed by atoms with van der Waals surface area (Å²) in [6.07, 6.45) is 0.666. The highest BCUT2D eigenvalue weighted by Crippen LogP contribution is 2.15. The molecule has 3 aromatic carbocycles. The van der Waals surface area contributed by atoms with Crippen LogP contribution in [0.1, 0.15) is 27.3 Å². The Hall–Kier alpha value is -3.93. The van der Waals surface area contributed by atoms with Crippen LogP contribution >= 0.6 is 0 Å². The number of amides is 1. The molecule has 1 heterocycles. The van der Waals surface area contributed by atoms with Gasteiger partial charge in [-0.25, -0.2) is 4.98 Å². The zero-order chi connectivity index (χ0) is 22.5. The number of carbonyl (C=O) groups excluding carboxylic acids is 1. The van der Waals surface area contributed by atoms with E-state index >= 15 is 0 Å². The standard InChI is InChI=1S/C26H25N3O3/c1-18-7-11-20(12-8-18)26(31)29(16-15-19-9-13-21(32-2)14-10-19)17-24-27-23-6-4-3-5-22(23)25(30)28-24/h3-14H,15-17H2,1-2H3,(H,27,28,30). The quantitative estimate of drug-likeness (QED) is 0.481. The third-order valence-corrected chi connectivity index (χ3v) is 5.42. The van der Waals surface area contributed by atoms with Crippen LogP contribution in [0.4, 0.5) is 0 Å². The normalized spacial score (nSPS) is 10.8. The molecule has 0 unspecified atom stereocenters. The van der Waals surface area contributed by atoms with Crippen LogP contribution in [0.25, 0.3) is 10.9 Å². The third kappa shape index (κ3) is 4.86. The summed E-state index contributed by atoms with van der Waals surface area (Å²) in [5.74, 6) is 1.15. The maximum absolute atomic E-state index is 13.3. The number of aromatic amines is 1. The Morgan fingerprint density at radius 1 is 1.00 bits per heavy atom. The molecule has 4 rings (SSSR count). The van der Waals surface area contributed by atoms with Crippen LogP contribution < -0.4 is 10.3 Å². The van der Waals surface area contributed by atoms with E-state index in [4.69, 9.17) is 4.74 Å². The highest BCUT2D eigenvalue weighted by atomic mass is 16.5. The molecule has 6 nitrogen and oxygen atoms in total. The van der Waals surface area contributed by atoms with E-state index in [1.807, 2.05) is 61.5 Å². The molecule has 0 atom stereocenters. The predicted octanol–water partition coefficient (Wildman–Crippen LogP) is 4.13. The van der Waals surface area contributed by atoms with Gasteiger partial charge in [-0.2, -0.15) is 0 Å². The summed E-state index contributed by atoms with van der Waals surface area (Å²) in [4.78, 5) is 34.9. The van der Waals surface area contributed by atoms with Gasteiger partial charge in [0.2, 0.25) is 0 Å². The topological polar surface area (TPSA) is 75.3 Å². The number of hydrogen-bond acceptors (Lipinski definition) is 4. The van der Waals surface area contributed by atoms with Crippen molar-refractivity contribution in [2.24, 2.45) is 0 Å². The fraction of sp³-hybridized carbons (Fsp3) is 0.192. The van der Waals surface area contributed by atoms with Crippen molar-refractivity contribution in [3.05, 3.63) is 106 Å². The second-order valence-electron chi connectivity index (χ2n) is 7.72. The number of carbonyl (C=O) groups is 1. The van der Waals surface area contributed by atoms with Gasteiger partial charge in [-0.3, -0.25) is 9.59 Å². The number of ether oxygens (including phenoxy) is 1. The Balaban J connectivity index is 1.61. The number of nitrogens with zero attached hydrogens (tertiary/aromatic N) is 2. The van der Waals surface area contributed by atoms with E-state index in [1.165, 1.54) is 0 Å². The van der Waals surface area contributed by atoms with Gasteiger partial charge in [0, 0.05) is 12.1 Å². The average Bonchev–Trinajstić information content (AvgIpc) is 2.82. The first kappa shape index (κ1) is 21.3. The predicted molar refractivity (Wildman–Crippen MR) is 125 cm³/mol. The molecule has 0 bridgehead atoms. The minimum Gasteiger partial charge on any atom is -0.497 e.